The standard InChI is InChI=1S/C51H92NO7P/c1-3-5-7-9-11-13-15-17-19-21-22-23-24-25-26-27-29-31-33-35-37-39-41-43-46-56-48-50(49-58-60(54,55)57-47-45-52)59-51(53)44-42-40-38-36-34-32-30-28-20-18-16-14-12-10-8-6-4-2/h5,7,11,13,17,19,22-23,25-26,29,31,50H,3-4,6,8-10,12,14-16,18,20-21,24,27-28,30,32-49,52H2,1-2H3,(H,54,55)/b7-5-,13-11-,19-17-,23-22-,26-25-,31-29-. The number of hydrogen-bond acceptors (Lipinski definition) is 7. The molecule has 0 aromatic carbocycles. The lowest BCUT2D eigenvalue weighted by atomic mass is 10.0. The van der Waals surface area contributed by atoms with E-state index in [9.17, 15) is 14.3 Å². The summed E-state index contributed by atoms with van der Waals surface area (Å²) < 4.78 is 33.5. The second-order valence-electron chi connectivity index (χ2n) is 16.0. The fourth-order valence-electron chi connectivity index (χ4n) is 6.59. The van der Waals surface area contributed by atoms with Crippen molar-refractivity contribution in [3.63, 3.8) is 0 Å². The molecule has 8 nitrogen and oxygen atoms in total. The Hall–Kier alpha value is -2.06. The van der Waals surface area contributed by atoms with Crippen LogP contribution in [0.3, 0.4) is 0 Å². The molecular formula is C51H92NO7P. The Morgan fingerprint density at radius 3 is 1.40 bits per heavy atom. The first-order valence-corrected chi connectivity index (χ1v) is 25.9. The normalized spacial score (nSPS) is 14.0. The summed E-state index contributed by atoms with van der Waals surface area (Å²) in [4.78, 5) is 22.6. The fourth-order valence-corrected chi connectivity index (χ4v) is 7.35. The van der Waals surface area contributed by atoms with E-state index in [4.69, 9.17) is 24.3 Å². The van der Waals surface area contributed by atoms with Crippen molar-refractivity contribution in [1.29, 1.82) is 0 Å². The van der Waals surface area contributed by atoms with Gasteiger partial charge in [0.05, 0.1) is 19.8 Å². The summed E-state index contributed by atoms with van der Waals surface area (Å²) in [6.45, 7) is 4.77. The molecule has 2 unspecified atom stereocenters. The van der Waals surface area contributed by atoms with Crippen LogP contribution in [0.5, 0.6) is 0 Å². The van der Waals surface area contributed by atoms with Crippen LogP contribution in [0.4, 0.5) is 0 Å². The van der Waals surface area contributed by atoms with Crippen molar-refractivity contribution in [3.8, 4) is 0 Å². The number of rotatable bonds is 46. The lowest BCUT2D eigenvalue weighted by molar-refractivity contribution is -0.154. The van der Waals surface area contributed by atoms with Crippen LogP contribution in [0.25, 0.3) is 0 Å². The highest BCUT2D eigenvalue weighted by Gasteiger charge is 2.25. The number of hydrogen-bond donors (Lipinski definition) is 2. The minimum Gasteiger partial charge on any atom is -0.457 e. The van der Waals surface area contributed by atoms with E-state index in [-0.39, 0.29) is 32.3 Å². The third-order valence-electron chi connectivity index (χ3n) is 10.1. The van der Waals surface area contributed by atoms with Crippen molar-refractivity contribution < 1.29 is 32.8 Å². The molecule has 0 aromatic heterocycles. The van der Waals surface area contributed by atoms with E-state index in [0.29, 0.717) is 13.0 Å². The first-order chi connectivity index (χ1) is 29.4. The zero-order chi connectivity index (χ0) is 43.7. The summed E-state index contributed by atoms with van der Waals surface area (Å²) >= 11 is 0. The first kappa shape index (κ1) is 57.9. The van der Waals surface area contributed by atoms with E-state index >= 15 is 0 Å². The average Bonchev–Trinajstić information content (AvgIpc) is 3.24. The van der Waals surface area contributed by atoms with Crippen molar-refractivity contribution in [1.82, 2.24) is 0 Å². The molecule has 348 valence electrons. The monoisotopic (exact) mass is 862 g/mol. The Labute approximate surface area is 369 Å². The van der Waals surface area contributed by atoms with Gasteiger partial charge in [0.2, 0.25) is 0 Å². The summed E-state index contributed by atoms with van der Waals surface area (Å²) in [5.74, 6) is -0.337. The number of esters is 1. The number of phosphoric acid groups is 1. The number of allylic oxidation sites excluding steroid dienone is 12. The summed E-state index contributed by atoms with van der Waals surface area (Å²) in [5, 5.41) is 0. The Morgan fingerprint density at radius 1 is 0.517 bits per heavy atom. The predicted molar refractivity (Wildman–Crippen MR) is 256 cm³/mol. The number of carbonyl (C=O) groups is 1. The smallest absolute Gasteiger partial charge is 0.457 e. The highest BCUT2D eigenvalue weighted by molar-refractivity contribution is 7.47. The minimum atomic E-state index is -4.29. The van der Waals surface area contributed by atoms with Crippen LogP contribution in [-0.2, 0) is 27.9 Å². The van der Waals surface area contributed by atoms with Gasteiger partial charge in [-0.15, -0.1) is 0 Å². The lowest BCUT2D eigenvalue weighted by Crippen LogP contribution is -2.28. The van der Waals surface area contributed by atoms with Gasteiger partial charge in [0.1, 0.15) is 6.10 Å². The van der Waals surface area contributed by atoms with E-state index in [1.807, 2.05) is 0 Å². The molecule has 0 saturated heterocycles. The van der Waals surface area contributed by atoms with Crippen LogP contribution in [0.15, 0.2) is 72.9 Å². The molecule has 0 bridgehead atoms. The lowest BCUT2D eigenvalue weighted by Gasteiger charge is -2.20. The number of carbonyl (C=O) groups excluding carboxylic acids is 1. The van der Waals surface area contributed by atoms with Gasteiger partial charge in [-0.1, -0.05) is 209 Å². The van der Waals surface area contributed by atoms with E-state index in [0.717, 1.165) is 83.5 Å². The maximum absolute atomic E-state index is 12.6. The molecule has 0 aliphatic carbocycles. The van der Waals surface area contributed by atoms with Crippen LogP contribution < -0.4 is 5.73 Å². The SMILES string of the molecule is CC/C=C\C/C=C\C/C=C\C/C=C\C/C=C\C/C=C\CCCCCCCOCC(COP(=O)(O)OCCN)OC(=O)CCCCCCCCCCCCCCCCCCC. The topological polar surface area (TPSA) is 117 Å². The molecule has 0 aliphatic heterocycles. The highest BCUT2D eigenvalue weighted by atomic mass is 31.2. The van der Waals surface area contributed by atoms with Gasteiger partial charge in [0.15, 0.2) is 0 Å². The summed E-state index contributed by atoms with van der Waals surface area (Å²) in [5.41, 5.74) is 5.38. The molecule has 0 radical (unpaired) electrons. The molecule has 0 spiro atoms. The van der Waals surface area contributed by atoms with Gasteiger partial charge < -0.3 is 20.1 Å². The maximum Gasteiger partial charge on any atom is 0.472 e. The molecule has 0 saturated carbocycles. The minimum absolute atomic E-state index is 0.0945. The Kier molecular flexibility index (Phi) is 46.3. The number of nitrogens with two attached hydrogens (primary N) is 1. The second kappa shape index (κ2) is 48.0. The summed E-state index contributed by atoms with van der Waals surface area (Å²) in [6, 6.07) is 0. The molecule has 0 rings (SSSR count). The Balaban J connectivity index is 4.03. The summed E-state index contributed by atoms with van der Waals surface area (Å²) in [6.07, 6.45) is 60.7. The maximum atomic E-state index is 12.6. The van der Waals surface area contributed by atoms with E-state index in [2.05, 4.69) is 86.8 Å². The van der Waals surface area contributed by atoms with Gasteiger partial charge in [0.25, 0.3) is 0 Å². The third-order valence-corrected chi connectivity index (χ3v) is 11.1. The van der Waals surface area contributed by atoms with Gasteiger partial charge >= 0.3 is 13.8 Å². The molecule has 0 aliphatic rings. The number of ether oxygens (including phenoxy) is 2. The van der Waals surface area contributed by atoms with Crippen LogP contribution in [0.1, 0.15) is 206 Å². The van der Waals surface area contributed by atoms with Crippen molar-refractivity contribution in [2.24, 2.45) is 5.73 Å². The highest BCUT2D eigenvalue weighted by Crippen LogP contribution is 2.43. The second-order valence-corrected chi connectivity index (χ2v) is 17.4. The largest absolute Gasteiger partial charge is 0.472 e. The van der Waals surface area contributed by atoms with E-state index in [1.54, 1.807) is 0 Å². The summed E-state index contributed by atoms with van der Waals surface area (Å²) in [7, 11) is -4.29. The average molecular weight is 862 g/mol. The van der Waals surface area contributed by atoms with Crippen LogP contribution >= 0.6 is 7.82 Å². The molecule has 2 atom stereocenters. The molecule has 0 heterocycles. The zero-order valence-electron chi connectivity index (χ0n) is 38.7. The van der Waals surface area contributed by atoms with Crippen molar-refractivity contribution in [2.75, 3.05) is 33.0 Å². The Morgan fingerprint density at radius 2 is 0.933 bits per heavy atom. The van der Waals surface area contributed by atoms with Crippen LogP contribution in [0, 0.1) is 0 Å². The van der Waals surface area contributed by atoms with Crippen molar-refractivity contribution in [3.05, 3.63) is 72.9 Å². The molecule has 60 heavy (non-hydrogen) atoms. The molecule has 0 fully saturated rings. The van der Waals surface area contributed by atoms with Gasteiger partial charge in [-0.3, -0.25) is 13.8 Å². The third kappa shape index (κ3) is 47.0. The Bertz CT molecular complexity index is 1150. The van der Waals surface area contributed by atoms with Gasteiger partial charge in [0, 0.05) is 19.6 Å². The van der Waals surface area contributed by atoms with E-state index in [1.165, 1.54) is 103 Å². The predicted octanol–water partition coefficient (Wildman–Crippen LogP) is 15.1. The van der Waals surface area contributed by atoms with E-state index < -0.39 is 13.9 Å². The zero-order valence-corrected chi connectivity index (χ0v) is 39.6. The molecule has 9 heteroatoms. The van der Waals surface area contributed by atoms with Crippen LogP contribution in [-0.4, -0.2) is 49.9 Å². The fraction of sp³-hybridized carbons (Fsp3) is 0.745. The van der Waals surface area contributed by atoms with Gasteiger partial charge in [-0.05, 0) is 64.2 Å². The van der Waals surface area contributed by atoms with Gasteiger partial charge in [-0.2, -0.15) is 0 Å². The van der Waals surface area contributed by atoms with Gasteiger partial charge in [-0.25, -0.2) is 4.57 Å². The number of phosphoric ester groups is 1. The van der Waals surface area contributed by atoms with Crippen molar-refractivity contribution in [2.45, 2.75) is 213 Å². The first-order valence-electron chi connectivity index (χ1n) is 24.4. The molecule has 3 N–H and O–H groups in total. The molecular weight excluding hydrogens is 770 g/mol. The van der Waals surface area contributed by atoms with Crippen LogP contribution in [0.2, 0.25) is 0 Å². The number of unbranched alkanes of at least 4 members (excludes halogenated alkanes) is 21. The molecule has 0 aromatic rings. The quantitative estimate of drug-likeness (QED) is 0.0269. The van der Waals surface area contributed by atoms with Crippen molar-refractivity contribution >= 4 is 13.8 Å². The molecule has 0 amide bonds.